The molecule has 0 saturated carbocycles. The lowest BCUT2D eigenvalue weighted by Gasteiger charge is -2.33. The molecule has 2 aliphatic heterocycles. The summed E-state index contributed by atoms with van der Waals surface area (Å²) in [5.41, 5.74) is 0.245. The maximum atomic E-state index is 12.7. The van der Waals surface area contributed by atoms with Crippen molar-refractivity contribution < 1.29 is 23.4 Å². The molecule has 7 heteroatoms. The van der Waals surface area contributed by atoms with Gasteiger partial charge in [0.25, 0.3) is 0 Å². The first-order chi connectivity index (χ1) is 12.9. The number of hydrogen-bond donors (Lipinski definition) is 2. The Kier molecular flexibility index (Phi) is 6.78. The molecule has 1 aromatic carbocycles. The van der Waals surface area contributed by atoms with E-state index in [9.17, 15) is 23.4 Å². The highest BCUT2D eigenvalue weighted by Gasteiger charge is 2.34. The van der Waals surface area contributed by atoms with Gasteiger partial charge >= 0.3 is 6.18 Å². The quantitative estimate of drug-likeness (QED) is 0.789. The van der Waals surface area contributed by atoms with Crippen molar-refractivity contribution in [1.29, 1.82) is 0 Å². The molecule has 0 spiro atoms. The fraction of sp³-hybridized carbons (Fsp3) is 0.700. The standard InChI is InChI=1S/C20H29F3N2O2/c21-20(22,23)19-3-1-15(2-4-19)9-25-11-17(18(12-25)14-27)10-24-7-5-16(13-26)6-8-24/h1-4,16-18,26-27H,5-14H2/t17-,18-/m1/s1. The molecule has 27 heavy (non-hydrogen) atoms. The SMILES string of the molecule is OCC1CCN(C[C@@H]2CN(Cc3ccc(C(F)(F)F)cc3)C[C@@H]2CO)CC1. The van der Waals surface area contributed by atoms with Crippen LogP contribution in [-0.4, -0.2) is 66.0 Å². The molecule has 2 N–H and O–H groups in total. The van der Waals surface area contributed by atoms with Crippen molar-refractivity contribution in [3.8, 4) is 0 Å². The summed E-state index contributed by atoms with van der Waals surface area (Å²) in [5.74, 6) is 0.986. The highest BCUT2D eigenvalue weighted by atomic mass is 19.4. The summed E-state index contributed by atoms with van der Waals surface area (Å²) in [6, 6.07) is 5.36. The van der Waals surface area contributed by atoms with Gasteiger partial charge in [0, 0.05) is 39.4 Å². The van der Waals surface area contributed by atoms with E-state index in [1.54, 1.807) is 12.1 Å². The van der Waals surface area contributed by atoms with E-state index in [1.807, 2.05) is 0 Å². The fourth-order valence-corrected chi connectivity index (χ4v) is 4.32. The third-order valence-electron chi connectivity index (χ3n) is 6.03. The maximum absolute atomic E-state index is 12.7. The van der Waals surface area contributed by atoms with Crippen LogP contribution in [0.4, 0.5) is 13.2 Å². The highest BCUT2D eigenvalue weighted by molar-refractivity contribution is 5.24. The van der Waals surface area contributed by atoms with Crippen LogP contribution in [0.1, 0.15) is 24.0 Å². The lowest BCUT2D eigenvalue weighted by molar-refractivity contribution is -0.137. The van der Waals surface area contributed by atoms with Gasteiger partial charge in [0.05, 0.1) is 5.56 Å². The van der Waals surface area contributed by atoms with E-state index in [2.05, 4.69) is 9.80 Å². The smallest absolute Gasteiger partial charge is 0.396 e. The third-order valence-corrected chi connectivity index (χ3v) is 6.03. The molecule has 4 nitrogen and oxygen atoms in total. The van der Waals surface area contributed by atoms with Gasteiger partial charge in [-0.2, -0.15) is 13.2 Å². The van der Waals surface area contributed by atoms with E-state index in [1.165, 1.54) is 0 Å². The van der Waals surface area contributed by atoms with E-state index in [0.29, 0.717) is 18.4 Å². The van der Waals surface area contributed by atoms with Gasteiger partial charge in [0.1, 0.15) is 0 Å². The summed E-state index contributed by atoms with van der Waals surface area (Å²) in [4.78, 5) is 4.65. The van der Waals surface area contributed by atoms with Crippen molar-refractivity contribution in [2.45, 2.75) is 25.6 Å². The van der Waals surface area contributed by atoms with Gasteiger partial charge in [-0.3, -0.25) is 4.90 Å². The molecule has 0 bridgehead atoms. The Bertz CT molecular complexity index is 586. The number of nitrogens with zero attached hydrogens (tertiary/aromatic N) is 2. The third kappa shape index (κ3) is 5.44. The second kappa shape index (κ2) is 8.90. The number of benzene rings is 1. The van der Waals surface area contributed by atoms with Crippen molar-refractivity contribution in [1.82, 2.24) is 9.80 Å². The Morgan fingerprint density at radius 3 is 2.07 bits per heavy atom. The summed E-state index contributed by atoms with van der Waals surface area (Å²) in [5, 5.41) is 19.0. The molecular formula is C20H29F3N2O2. The van der Waals surface area contributed by atoms with Crippen LogP contribution >= 0.6 is 0 Å². The molecule has 1 aromatic rings. The van der Waals surface area contributed by atoms with Gasteiger partial charge in [-0.05, 0) is 61.4 Å². The molecule has 3 rings (SSSR count). The van der Waals surface area contributed by atoms with Crippen LogP contribution in [0, 0.1) is 17.8 Å². The lowest BCUT2D eigenvalue weighted by atomic mass is 9.93. The lowest BCUT2D eigenvalue weighted by Crippen LogP contribution is -2.40. The van der Waals surface area contributed by atoms with Crippen molar-refractivity contribution in [3.05, 3.63) is 35.4 Å². The largest absolute Gasteiger partial charge is 0.416 e. The first kappa shape index (κ1) is 20.6. The summed E-state index contributed by atoms with van der Waals surface area (Å²) < 4.78 is 38.1. The van der Waals surface area contributed by atoms with Crippen LogP contribution in [-0.2, 0) is 12.7 Å². The van der Waals surface area contributed by atoms with Crippen LogP contribution in [0.3, 0.4) is 0 Å². The molecule has 2 fully saturated rings. The summed E-state index contributed by atoms with van der Waals surface area (Å²) in [6.07, 6.45) is -2.27. The van der Waals surface area contributed by atoms with Crippen molar-refractivity contribution in [2.75, 3.05) is 45.9 Å². The monoisotopic (exact) mass is 386 g/mol. The van der Waals surface area contributed by atoms with E-state index in [4.69, 9.17) is 0 Å². The first-order valence-corrected chi connectivity index (χ1v) is 9.71. The van der Waals surface area contributed by atoms with Crippen LogP contribution in [0.25, 0.3) is 0 Å². The van der Waals surface area contributed by atoms with Crippen molar-refractivity contribution in [3.63, 3.8) is 0 Å². The highest BCUT2D eigenvalue weighted by Crippen LogP contribution is 2.30. The molecule has 152 valence electrons. The van der Waals surface area contributed by atoms with Gasteiger partial charge in [0.15, 0.2) is 0 Å². The second-order valence-corrected chi connectivity index (χ2v) is 8.02. The van der Waals surface area contributed by atoms with Gasteiger partial charge in [-0.25, -0.2) is 0 Å². The molecule has 0 unspecified atom stereocenters. The fourth-order valence-electron chi connectivity index (χ4n) is 4.32. The number of alkyl halides is 3. The van der Waals surface area contributed by atoms with Crippen LogP contribution in [0.15, 0.2) is 24.3 Å². The Morgan fingerprint density at radius 1 is 0.889 bits per heavy atom. The van der Waals surface area contributed by atoms with E-state index < -0.39 is 11.7 Å². The minimum atomic E-state index is -4.30. The summed E-state index contributed by atoms with van der Waals surface area (Å²) in [6.45, 7) is 5.54. The average Bonchev–Trinajstić information content (AvgIpc) is 3.03. The number of halogens is 3. The summed E-state index contributed by atoms with van der Waals surface area (Å²) in [7, 11) is 0. The van der Waals surface area contributed by atoms with E-state index >= 15 is 0 Å². The Hall–Kier alpha value is -1.15. The minimum absolute atomic E-state index is 0.140. The number of aliphatic hydroxyl groups excluding tert-OH is 2. The zero-order valence-electron chi connectivity index (χ0n) is 15.5. The topological polar surface area (TPSA) is 46.9 Å². The second-order valence-electron chi connectivity index (χ2n) is 8.02. The average molecular weight is 386 g/mol. The predicted molar refractivity (Wildman–Crippen MR) is 97.0 cm³/mol. The normalized spacial score (nSPS) is 26.0. The number of likely N-dealkylation sites (tertiary alicyclic amines) is 2. The first-order valence-electron chi connectivity index (χ1n) is 9.71. The summed E-state index contributed by atoms with van der Waals surface area (Å²) >= 11 is 0. The number of hydrogen-bond acceptors (Lipinski definition) is 4. The van der Waals surface area contributed by atoms with Gasteiger partial charge in [-0.1, -0.05) is 12.1 Å². The number of piperidine rings is 1. The molecule has 0 amide bonds. The van der Waals surface area contributed by atoms with E-state index in [-0.39, 0.29) is 19.1 Å². The van der Waals surface area contributed by atoms with Crippen molar-refractivity contribution >= 4 is 0 Å². The zero-order valence-corrected chi connectivity index (χ0v) is 15.5. The molecule has 0 aliphatic carbocycles. The van der Waals surface area contributed by atoms with Crippen LogP contribution < -0.4 is 0 Å². The van der Waals surface area contributed by atoms with Gasteiger partial charge in [-0.15, -0.1) is 0 Å². The Labute approximate surface area is 158 Å². The Balaban J connectivity index is 1.53. The van der Waals surface area contributed by atoms with Crippen molar-refractivity contribution in [2.24, 2.45) is 17.8 Å². The molecule has 2 atom stereocenters. The minimum Gasteiger partial charge on any atom is -0.396 e. The molecular weight excluding hydrogens is 357 g/mol. The Morgan fingerprint density at radius 2 is 1.52 bits per heavy atom. The van der Waals surface area contributed by atoms with Crippen LogP contribution in [0.5, 0.6) is 0 Å². The predicted octanol–water partition coefficient (Wildman–Crippen LogP) is 2.45. The molecule has 2 aliphatic rings. The zero-order chi connectivity index (χ0) is 19.4. The van der Waals surface area contributed by atoms with Gasteiger partial charge in [0.2, 0.25) is 0 Å². The molecule has 0 radical (unpaired) electrons. The molecule has 0 aromatic heterocycles. The van der Waals surface area contributed by atoms with E-state index in [0.717, 1.165) is 63.3 Å². The molecule has 2 saturated heterocycles. The van der Waals surface area contributed by atoms with Gasteiger partial charge < -0.3 is 15.1 Å². The van der Waals surface area contributed by atoms with Crippen LogP contribution in [0.2, 0.25) is 0 Å². The molecule has 2 heterocycles. The maximum Gasteiger partial charge on any atom is 0.416 e. The number of aliphatic hydroxyl groups is 2. The number of rotatable bonds is 6.